The molecule has 1 aliphatic rings. The van der Waals surface area contributed by atoms with E-state index in [2.05, 4.69) is 44.6 Å². The van der Waals surface area contributed by atoms with Crippen molar-refractivity contribution in [1.82, 2.24) is 20.4 Å². The number of aromatic nitrogens is 2. The first kappa shape index (κ1) is 22.3. The predicted molar refractivity (Wildman–Crippen MR) is 115 cm³/mol. The van der Waals surface area contributed by atoms with Gasteiger partial charge in [0.05, 0.1) is 6.54 Å². The summed E-state index contributed by atoms with van der Waals surface area (Å²) in [6, 6.07) is 10.4. The summed E-state index contributed by atoms with van der Waals surface area (Å²) in [5, 5.41) is 6.95. The summed E-state index contributed by atoms with van der Waals surface area (Å²) >= 11 is 0. The molecule has 1 aliphatic carbocycles. The van der Waals surface area contributed by atoms with Gasteiger partial charge in [0, 0.05) is 13.1 Å². The average molecular weight is 415 g/mol. The van der Waals surface area contributed by atoms with E-state index in [0.717, 1.165) is 19.0 Å². The molecule has 1 saturated carbocycles. The Balaban J connectivity index is 1.65. The van der Waals surface area contributed by atoms with Crippen molar-refractivity contribution in [3.63, 3.8) is 0 Å². The molecule has 2 aromatic rings. The monoisotopic (exact) mass is 414 g/mol. The Morgan fingerprint density at radius 1 is 1.17 bits per heavy atom. The van der Waals surface area contributed by atoms with Gasteiger partial charge in [-0.05, 0) is 58.9 Å². The Hall–Kier alpha value is -2.41. The van der Waals surface area contributed by atoms with E-state index in [0.29, 0.717) is 18.3 Å². The zero-order valence-corrected chi connectivity index (χ0v) is 18.8. The van der Waals surface area contributed by atoms with Crippen LogP contribution >= 0.6 is 0 Å². The van der Waals surface area contributed by atoms with E-state index in [9.17, 15) is 4.79 Å². The standard InChI is InChI=1S/C23H34N4O3/c1-22(2,3)29-21(28)25-23(4,5)20-24-19(30-26-20)16-27(15-18-12-9-13-18)14-17-10-7-6-8-11-17/h6-8,10-11,18H,9,12-16H2,1-5H3,(H,25,28). The maximum Gasteiger partial charge on any atom is 0.408 e. The Morgan fingerprint density at radius 3 is 2.47 bits per heavy atom. The molecule has 1 N–H and O–H groups in total. The molecule has 1 amide bonds. The molecule has 0 unspecified atom stereocenters. The van der Waals surface area contributed by atoms with Crippen LogP contribution in [0.25, 0.3) is 0 Å². The van der Waals surface area contributed by atoms with Crippen LogP contribution in [0.15, 0.2) is 34.9 Å². The van der Waals surface area contributed by atoms with Crippen LogP contribution in [0.3, 0.4) is 0 Å². The molecule has 0 bridgehead atoms. The third kappa shape index (κ3) is 6.55. The van der Waals surface area contributed by atoms with Gasteiger partial charge in [-0.15, -0.1) is 0 Å². The number of nitrogens with zero attached hydrogens (tertiary/aromatic N) is 3. The zero-order chi connectivity index (χ0) is 21.8. The molecular formula is C23H34N4O3. The lowest BCUT2D eigenvalue weighted by molar-refractivity contribution is 0.0465. The molecule has 164 valence electrons. The SMILES string of the molecule is CC(C)(C)OC(=O)NC(C)(C)c1noc(CN(Cc2ccccc2)CC2CCC2)n1. The zero-order valence-electron chi connectivity index (χ0n) is 18.8. The minimum Gasteiger partial charge on any atom is -0.444 e. The van der Waals surface area contributed by atoms with Crippen LogP contribution in [-0.2, 0) is 23.4 Å². The molecule has 1 aromatic carbocycles. The third-order valence-electron chi connectivity index (χ3n) is 5.19. The van der Waals surface area contributed by atoms with Crippen molar-refractivity contribution < 1.29 is 14.1 Å². The van der Waals surface area contributed by atoms with E-state index >= 15 is 0 Å². The van der Waals surface area contributed by atoms with Crippen LogP contribution in [0.5, 0.6) is 0 Å². The highest BCUT2D eigenvalue weighted by Crippen LogP contribution is 2.28. The fourth-order valence-corrected chi connectivity index (χ4v) is 3.45. The number of amides is 1. The lowest BCUT2D eigenvalue weighted by Gasteiger charge is -2.31. The molecule has 30 heavy (non-hydrogen) atoms. The van der Waals surface area contributed by atoms with E-state index < -0.39 is 17.2 Å². The van der Waals surface area contributed by atoms with Crippen molar-refractivity contribution >= 4 is 6.09 Å². The summed E-state index contributed by atoms with van der Waals surface area (Å²) in [5.74, 6) is 1.73. The number of rotatable bonds is 8. The number of alkyl carbamates (subject to hydrolysis) is 1. The molecule has 0 radical (unpaired) electrons. The first-order valence-corrected chi connectivity index (χ1v) is 10.7. The van der Waals surface area contributed by atoms with Crippen molar-refractivity contribution in [2.45, 2.75) is 78.1 Å². The van der Waals surface area contributed by atoms with Crippen molar-refractivity contribution in [3.05, 3.63) is 47.6 Å². The van der Waals surface area contributed by atoms with Gasteiger partial charge in [0.2, 0.25) is 5.89 Å². The highest BCUT2D eigenvalue weighted by molar-refractivity contribution is 5.68. The smallest absolute Gasteiger partial charge is 0.408 e. The van der Waals surface area contributed by atoms with E-state index in [-0.39, 0.29) is 0 Å². The number of ether oxygens (including phenoxy) is 1. The van der Waals surface area contributed by atoms with E-state index in [1.807, 2.05) is 40.7 Å². The van der Waals surface area contributed by atoms with Crippen LogP contribution in [0, 0.1) is 5.92 Å². The Kier molecular flexibility index (Phi) is 6.81. The molecule has 1 fully saturated rings. The first-order valence-electron chi connectivity index (χ1n) is 10.7. The highest BCUT2D eigenvalue weighted by Gasteiger charge is 2.31. The summed E-state index contributed by atoms with van der Waals surface area (Å²) in [7, 11) is 0. The summed E-state index contributed by atoms with van der Waals surface area (Å²) in [6.07, 6.45) is 3.38. The van der Waals surface area contributed by atoms with E-state index in [1.165, 1.54) is 24.8 Å². The fourth-order valence-electron chi connectivity index (χ4n) is 3.45. The second-order valence-corrected chi connectivity index (χ2v) is 9.72. The fraction of sp³-hybridized carbons (Fsp3) is 0.609. The molecule has 7 nitrogen and oxygen atoms in total. The lowest BCUT2D eigenvalue weighted by Crippen LogP contribution is -2.44. The van der Waals surface area contributed by atoms with Crippen molar-refractivity contribution in [2.24, 2.45) is 5.92 Å². The van der Waals surface area contributed by atoms with E-state index in [1.54, 1.807) is 0 Å². The molecule has 0 aliphatic heterocycles. The van der Waals surface area contributed by atoms with Gasteiger partial charge in [0.1, 0.15) is 11.1 Å². The van der Waals surface area contributed by atoms with Gasteiger partial charge in [-0.25, -0.2) is 4.79 Å². The van der Waals surface area contributed by atoms with Gasteiger partial charge in [-0.2, -0.15) is 4.98 Å². The van der Waals surface area contributed by atoms with Gasteiger partial charge in [0.15, 0.2) is 5.82 Å². The summed E-state index contributed by atoms with van der Waals surface area (Å²) < 4.78 is 10.9. The van der Waals surface area contributed by atoms with Crippen LogP contribution in [0.4, 0.5) is 4.79 Å². The van der Waals surface area contributed by atoms with Crippen LogP contribution in [-0.4, -0.2) is 33.3 Å². The van der Waals surface area contributed by atoms with Crippen molar-refractivity contribution in [2.75, 3.05) is 6.54 Å². The third-order valence-corrected chi connectivity index (χ3v) is 5.19. The number of benzene rings is 1. The summed E-state index contributed by atoms with van der Waals surface area (Å²) in [5.41, 5.74) is -0.104. The minimum absolute atomic E-state index is 0.437. The highest BCUT2D eigenvalue weighted by atomic mass is 16.6. The van der Waals surface area contributed by atoms with Crippen molar-refractivity contribution in [1.29, 1.82) is 0 Å². The molecule has 1 heterocycles. The normalized spacial score (nSPS) is 15.1. The first-order chi connectivity index (χ1) is 14.1. The number of carbonyl (C=O) groups is 1. The Morgan fingerprint density at radius 2 is 1.87 bits per heavy atom. The molecule has 1 aromatic heterocycles. The maximum absolute atomic E-state index is 12.2. The second-order valence-electron chi connectivity index (χ2n) is 9.72. The van der Waals surface area contributed by atoms with Crippen LogP contribution in [0.1, 0.15) is 71.2 Å². The quantitative estimate of drug-likeness (QED) is 0.678. The van der Waals surface area contributed by atoms with Crippen LogP contribution in [0.2, 0.25) is 0 Å². The Bertz CT molecular complexity index is 822. The lowest BCUT2D eigenvalue weighted by atomic mass is 9.85. The van der Waals surface area contributed by atoms with Gasteiger partial charge < -0.3 is 14.6 Å². The Labute approximate surface area is 179 Å². The summed E-state index contributed by atoms with van der Waals surface area (Å²) in [4.78, 5) is 19.1. The second kappa shape index (κ2) is 9.16. The molecule has 0 saturated heterocycles. The van der Waals surface area contributed by atoms with Gasteiger partial charge >= 0.3 is 6.09 Å². The number of hydrogen-bond acceptors (Lipinski definition) is 6. The minimum atomic E-state index is -0.803. The van der Waals surface area contributed by atoms with E-state index in [4.69, 9.17) is 9.26 Å². The number of nitrogens with one attached hydrogen (secondary N) is 1. The average Bonchev–Trinajstić information content (AvgIpc) is 3.06. The summed E-state index contributed by atoms with van der Waals surface area (Å²) in [6.45, 7) is 11.6. The van der Waals surface area contributed by atoms with Gasteiger partial charge in [-0.1, -0.05) is 41.9 Å². The number of hydrogen-bond donors (Lipinski definition) is 1. The molecule has 0 spiro atoms. The molecule has 0 atom stereocenters. The largest absolute Gasteiger partial charge is 0.444 e. The molecule has 7 heteroatoms. The topological polar surface area (TPSA) is 80.5 Å². The predicted octanol–water partition coefficient (Wildman–Crippen LogP) is 4.63. The van der Waals surface area contributed by atoms with Crippen molar-refractivity contribution in [3.8, 4) is 0 Å². The molecule has 3 rings (SSSR count). The van der Waals surface area contributed by atoms with Gasteiger partial charge in [0.25, 0.3) is 0 Å². The van der Waals surface area contributed by atoms with Crippen LogP contribution < -0.4 is 5.32 Å². The molecular weight excluding hydrogens is 380 g/mol. The number of carbonyl (C=O) groups excluding carboxylic acids is 1. The van der Waals surface area contributed by atoms with Gasteiger partial charge in [-0.3, -0.25) is 4.90 Å². The maximum atomic E-state index is 12.2.